The van der Waals surface area contributed by atoms with Gasteiger partial charge in [-0.05, 0) is 48.7 Å². The Morgan fingerprint density at radius 1 is 1.15 bits per heavy atom. The fourth-order valence-electron chi connectivity index (χ4n) is 3.65. The van der Waals surface area contributed by atoms with Gasteiger partial charge in [-0.25, -0.2) is 9.59 Å². The summed E-state index contributed by atoms with van der Waals surface area (Å²) in [6.07, 6.45) is 3.32. The predicted octanol–water partition coefficient (Wildman–Crippen LogP) is 4.49. The molecule has 1 saturated carbocycles. The van der Waals surface area contributed by atoms with Crippen molar-refractivity contribution < 1.29 is 28.3 Å². The number of likely N-dealkylation sites (N-methyl/N-ethyl adjacent to an activating group) is 1. The molecule has 2 atom stereocenters. The third kappa shape index (κ3) is 7.84. The van der Waals surface area contributed by atoms with Gasteiger partial charge in [0.25, 0.3) is 0 Å². The van der Waals surface area contributed by atoms with Crippen molar-refractivity contribution in [2.24, 2.45) is 0 Å². The van der Waals surface area contributed by atoms with Gasteiger partial charge in [0, 0.05) is 7.05 Å². The van der Waals surface area contributed by atoms with Gasteiger partial charge in [0.2, 0.25) is 5.91 Å². The van der Waals surface area contributed by atoms with Crippen LogP contribution in [0.3, 0.4) is 0 Å². The van der Waals surface area contributed by atoms with E-state index in [1.165, 1.54) is 19.1 Å². The molecule has 1 aromatic rings. The van der Waals surface area contributed by atoms with Crippen LogP contribution in [0.25, 0.3) is 0 Å². The number of methoxy groups -OCH3 is 1. The van der Waals surface area contributed by atoms with Crippen LogP contribution in [0.1, 0.15) is 62.4 Å². The third-order valence-corrected chi connectivity index (χ3v) is 11.2. The fraction of sp³-hybridized carbons (Fsp3) is 0.640. The van der Waals surface area contributed by atoms with Crippen LogP contribution < -0.4 is 5.32 Å². The minimum atomic E-state index is -1.96. The molecule has 9 heteroatoms. The number of benzene rings is 1. The zero-order valence-electron chi connectivity index (χ0n) is 21.6. The largest absolute Gasteiger partial charge is 0.465 e. The van der Waals surface area contributed by atoms with Crippen LogP contribution in [0.15, 0.2) is 24.3 Å². The van der Waals surface area contributed by atoms with E-state index in [-0.39, 0.29) is 36.2 Å². The van der Waals surface area contributed by atoms with Crippen LogP contribution in [0.2, 0.25) is 18.1 Å². The van der Waals surface area contributed by atoms with Gasteiger partial charge in [-0.15, -0.1) is 0 Å². The lowest BCUT2D eigenvalue weighted by Crippen LogP contribution is -2.54. The summed E-state index contributed by atoms with van der Waals surface area (Å²) in [6, 6.07) is 6.62. The maximum absolute atomic E-state index is 12.7. The molecular weight excluding hydrogens is 452 g/mol. The van der Waals surface area contributed by atoms with E-state index < -0.39 is 20.4 Å². The van der Waals surface area contributed by atoms with Gasteiger partial charge < -0.3 is 24.1 Å². The van der Waals surface area contributed by atoms with Crippen molar-refractivity contribution >= 4 is 26.3 Å². The lowest BCUT2D eigenvalue weighted by atomic mass is 9.92. The van der Waals surface area contributed by atoms with Gasteiger partial charge in [0.1, 0.15) is 13.2 Å². The van der Waals surface area contributed by atoms with Gasteiger partial charge in [-0.1, -0.05) is 45.7 Å². The Morgan fingerprint density at radius 2 is 1.82 bits per heavy atom. The minimum absolute atomic E-state index is 0.00191. The first kappa shape index (κ1) is 27.8. The monoisotopic (exact) mass is 492 g/mol. The highest BCUT2D eigenvalue weighted by atomic mass is 28.4. The van der Waals surface area contributed by atoms with Crippen molar-refractivity contribution in [3.63, 3.8) is 0 Å². The summed E-state index contributed by atoms with van der Waals surface area (Å²) in [5.41, 5.74) is 1.03. The number of hydrogen-bond donors (Lipinski definition) is 1. The van der Waals surface area contributed by atoms with Crippen LogP contribution >= 0.6 is 0 Å². The second kappa shape index (κ2) is 11.8. The molecule has 0 saturated heterocycles. The van der Waals surface area contributed by atoms with Gasteiger partial charge in [0.05, 0.1) is 24.8 Å². The average molecular weight is 493 g/mol. The van der Waals surface area contributed by atoms with Crippen LogP contribution in [0.5, 0.6) is 0 Å². The Bertz CT molecular complexity index is 867. The highest BCUT2D eigenvalue weighted by molar-refractivity contribution is 6.74. The molecule has 1 aliphatic rings. The summed E-state index contributed by atoms with van der Waals surface area (Å²) in [5, 5.41) is 3.18. The normalized spacial score (nSPS) is 18.7. The van der Waals surface area contributed by atoms with Gasteiger partial charge >= 0.3 is 12.1 Å². The number of amides is 2. The maximum atomic E-state index is 12.7. The van der Waals surface area contributed by atoms with Crippen molar-refractivity contribution in [1.82, 2.24) is 10.2 Å². The van der Waals surface area contributed by atoms with Crippen LogP contribution in [0.4, 0.5) is 4.79 Å². The third-order valence-electron chi connectivity index (χ3n) is 6.70. The highest BCUT2D eigenvalue weighted by Crippen LogP contribution is 2.39. The van der Waals surface area contributed by atoms with E-state index in [1.807, 2.05) is 0 Å². The Hall–Kier alpha value is -2.39. The Morgan fingerprint density at radius 3 is 2.47 bits per heavy atom. The van der Waals surface area contributed by atoms with E-state index in [0.717, 1.165) is 25.7 Å². The molecule has 0 radical (unpaired) electrons. The molecule has 1 aromatic carbocycles. The Labute approximate surface area is 204 Å². The van der Waals surface area contributed by atoms with E-state index in [9.17, 15) is 14.4 Å². The summed E-state index contributed by atoms with van der Waals surface area (Å²) in [5.74, 6) is -0.691. The molecule has 0 unspecified atom stereocenters. The lowest BCUT2D eigenvalue weighted by molar-refractivity contribution is -0.123. The van der Waals surface area contributed by atoms with Crippen molar-refractivity contribution in [2.45, 2.75) is 83.3 Å². The van der Waals surface area contributed by atoms with Crippen molar-refractivity contribution in [3.05, 3.63) is 35.4 Å². The first-order valence-corrected chi connectivity index (χ1v) is 14.8. The van der Waals surface area contributed by atoms with Gasteiger partial charge in [-0.2, -0.15) is 0 Å². The number of hydrogen-bond acceptors (Lipinski definition) is 6. The van der Waals surface area contributed by atoms with E-state index in [4.69, 9.17) is 13.9 Å². The van der Waals surface area contributed by atoms with Crippen molar-refractivity contribution in [1.29, 1.82) is 0 Å². The predicted molar refractivity (Wildman–Crippen MR) is 133 cm³/mol. The zero-order chi connectivity index (χ0) is 25.5. The summed E-state index contributed by atoms with van der Waals surface area (Å²) in [7, 11) is 0.878. The quantitative estimate of drug-likeness (QED) is 0.424. The molecule has 0 spiro atoms. The summed E-state index contributed by atoms with van der Waals surface area (Å²) < 4.78 is 16.6. The number of nitrogens with one attached hydrogen (secondary N) is 1. The molecule has 1 fully saturated rings. The molecule has 34 heavy (non-hydrogen) atoms. The molecule has 1 aliphatic carbocycles. The van der Waals surface area contributed by atoms with Crippen molar-refractivity contribution in [3.8, 4) is 0 Å². The number of carbonyl (C=O) groups excluding carboxylic acids is 3. The van der Waals surface area contributed by atoms with Crippen LogP contribution in [-0.4, -0.2) is 64.0 Å². The lowest BCUT2D eigenvalue weighted by Gasteiger charge is -2.43. The first-order valence-electron chi connectivity index (χ1n) is 11.9. The van der Waals surface area contributed by atoms with Gasteiger partial charge in [0.15, 0.2) is 8.32 Å². The molecule has 2 amide bonds. The molecule has 8 nitrogen and oxygen atoms in total. The van der Waals surface area contributed by atoms with E-state index in [0.29, 0.717) is 11.1 Å². The number of esters is 1. The topological polar surface area (TPSA) is 94.2 Å². The molecule has 190 valence electrons. The van der Waals surface area contributed by atoms with Crippen molar-refractivity contribution in [2.75, 3.05) is 20.7 Å². The molecule has 0 bridgehead atoms. The molecule has 1 N–H and O–H groups in total. The maximum Gasteiger partial charge on any atom is 0.410 e. The fourth-order valence-corrected chi connectivity index (χ4v) is 5.04. The van der Waals surface area contributed by atoms with E-state index in [1.54, 1.807) is 24.3 Å². The Balaban J connectivity index is 1.88. The summed E-state index contributed by atoms with van der Waals surface area (Å²) in [4.78, 5) is 38.0. The van der Waals surface area contributed by atoms with Crippen LogP contribution in [0, 0.1) is 0 Å². The zero-order valence-corrected chi connectivity index (χ0v) is 22.6. The second-order valence-electron chi connectivity index (χ2n) is 10.5. The molecule has 0 aromatic heterocycles. The molecular formula is C25H40N2O6Si. The average Bonchev–Trinajstić information content (AvgIpc) is 2.77. The van der Waals surface area contributed by atoms with Crippen LogP contribution in [-0.2, 0) is 25.3 Å². The SMILES string of the molecule is COC(=O)c1cccc(COC(=O)N(C)CC(=O)N[C@@H]2CCCC[C@H]2O[Si](C)(C)C(C)(C)C)c1. The van der Waals surface area contributed by atoms with E-state index in [2.05, 4.69) is 39.2 Å². The Kier molecular flexibility index (Phi) is 9.70. The number of nitrogens with zero attached hydrogens (tertiary/aromatic N) is 1. The molecule has 2 rings (SSSR count). The molecule has 0 heterocycles. The number of ether oxygens (including phenoxy) is 2. The number of carbonyl (C=O) groups is 3. The summed E-state index contributed by atoms with van der Waals surface area (Å²) >= 11 is 0. The van der Waals surface area contributed by atoms with Gasteiger partial charge in [-0.3, -0.25) is 4.79 Å². The van der Waals surface area contributed by atoms with E-state index >= 15 is 0 Å². The minimum Gasteiger partial charge on any atom is -0.465 e. The number of rotatable bonds is 8. The highest BCUT2D eigenvalue weighted by Gasteiger charge is 2.41. The first-order chi connectivity index (χ1) is 15.8. The molecule has 0 aliphatic heterocycles. The standard InChI is InChI=1S/C25H40N2O6Si/c1-25(2,3)34(6,7)33-21-14-9-8-13-20(21)26-22(28)16-27(4)24(30)32-17-18-11-10-12-19(15-18)23(29)31-5/h10-12,15,20-21H,8-9,13-14,16-17H2,1-7H3,(H,26,28)/t20-,21-/m1/s1. The smallest absolute Gasteiger partial charge is 0.410 e. The second-order valence-corrected chi connectivity index (χ2v) is 15.2. The summed E-state index contributed by atoms with van der Waals surface area (Å²) in [6.45, 7) is 11.0.